The van der Waals surface area contributed by atoms with Crippen molar-refractivity contribution in [1.29, 1.82) is 0 Å². The highest BCUT2D eigenvalue weighted by Gasteiger charge is 2.03. The molecule has 0 aromatic rings. The minimum atomic E-state index is 0.192. The number of hydrogen-bond acceptors (Lipinski definition) is 3. The maximum atomic E-state index is 10.7. The van der Waals surface area contributed by atoms with E-state index in [1.165, 1.54) is 3.22 Å². The van der Waals surface area contributed by atoms with Crippen molar-refractivity contribution in [3.8, 4) is 0 Å². The second kappa shape index (κ2) is 6.99. The summed E-state index contributed by atoms with van der Waals surface area (Å²) < 4.78 is 1.50. The number of halogens is 1. The Kier molecular flexibility index (Phi) is 6.75. The van der Waals surface area contributed by atoms with Gasteiger partial charge in [-0.3, -0.25) is 0 Å². The van der Waals surface area contributed by atoms with Crippen molar-refractivity contribution in [3.05, 3.63) is 12.8 Å². The summed E-state index contributed by atoms with van der Waals surface area (Å²) in [5.74, 6) is 0.452. The van der Waals surface area contributed by atoms with Crippen molar-refractivity contribution in [2.45, 2.75) is 20.3 Å². The summed E-state index contributed by atoms with van der Waals surface area (Å²) in [5.41, 5.74) is 0. The quantitative estimate of drug-likeness (QED) is 0.327. The lowest BCUT2D eigenvalue weighted by atomic mass is 10.1. The van der Waals surface area contributed by atoms with Gasteiger partial charge in [0.15, 0.2) is 0 Å². The van der Waals surface area contributed by atoms with Crippen LogP contribution in [-0.2, 0) is 4.79 Å². The number of rotatable bonds is 6. The lowest BCUT2D eigenvalue weighted by Crippen LogP contribution is -2.05. The van der Waals surface area contributed by atoms with Crippen molar-refractivity contribution in [2.24, 2.45) is 16.3 Å². The van der Waals surface area contributed by atoms with Crippen LogP contribution in [0.25, 0.3) is 0 Å². The first-order valence-corrected chi connectivity index (χ1v) is 4.97. The van der Waals surface area contributed by atoms with Crippen LogP contribution < -0.4 is 0 Å². The summed E-state index contributed by atoms with van der Waals surface area (Å²) in [6.07, 6.45) is 2.12. The molecular weight excluding hydrogens is 281 g/mol. The van der Waals surface area contributed by atoms with Crippen LogP contribution in [0.5, 0.6) is 0 Å². The molecule has 0 aromatic heterocycles. The molecule has 0 aromatic carbocycles. The molecule has 5 heteroatoms. The molecule has 0 aliphatic carbocycles. The maximum Gasteiger partial charge on any atom is 0.130 e. The summed E-state index contributed by atoms with van der Waals surface area (Å²) >= 11 is 1.97. The topological polar surface area (TPSA) is 45.0 Å². The van der Waals surface area contributed by atoms with Crippen molar-refractivity contribution < 1.29 is 4.79 Å². The fourth-order valence-corrected chi connectivity index (χ4v) is 0.965. The molecule has 0 radical (unpaired) electrons. The van der Waals surface area contributed by atoms with Gasteiger partial charge in [-0.1, -0.05) is 18.7 Å². The molecule has 0 amide bonds. The van der Waals surface area contributed by atoms with Crippen LogP contribution in [-0.4, -0.2) is 15.6 Å². The average Bonchev–Trinajstić information content (AvgIpc) is 2.02. The predicted molar refractivity (Wildman–Crippen MR) is 60.2 cm³/mol. The van der Waals surface area contributed by atoms with Gasteiger partial charge in [0.2, 0.25) is 0 Å². The average molecular weight is 295 g/mol. The minimum Gasteiger partial charge on any atom is -0.300 e. The van der Waals surface area contributed by atoms with E-state index < -0.39 is 0 Å². The number of ketones is 1. The summed E-state index contributed by atoms with van der Waals surface area (Å²) in [7, 11) is 0. The van der Waals surface area contributed by atoms with Crippen LogP contribution >= 0.6 is 22.9 Å². The van der Waals surface area contributed by atoms with Gasteiger partial charge in [0.05, 0.1) is 29.4 Å². The van der Waals surface area contributed by atoms with Gasteiger partial charge in [-0.05, 0) is 12.8 Å². The van der Waals surface area contributed by atoms with Gasteiger partial charge in [-0.15, -0.1) is 0 Å². The third-order valence-corrected chi connectivity index (χ3v) is 1.92. The molecule has 0 saturated heterocycles. The number of nitrogens with zero attached hydrogens (tertiary/aromatic N) is 3. The third kappa shape index (κ3) is 7.89. The standard InChI is InChI=1S/C8H14IN3O/c1-4-12(9)11-10-6-7(2)5-8(3)13/h4,7H,1,5-6H2,2-3H3. The molecule has 13 heavy (non-hydrogen) atoms. The second-order valence-corrected chi connectivity index (χ2v) is 3.88. The summed E-state index contributed by atoms with van der Waals surface area (Å²) in [6, 6.07) is 0. The maximum absolute atomic E-state index is 10.7. The van der Waals surface area contributed by atoms with E-state index in [9.17, 15) is 4.79 Å². The second-order valence-electron chi connectivity index (χ2n) is 2.90. The largest absolute Gasteiger partial charge is 0.300 e. The monoisotopic (exact) mass is 295 g/mol. The van der Waals surface area contributed by atoms with E-state index in [2.05, 4.69) is 16.9 Å². The smallest absolute Gasteiger partial charge is 0.130 e. The van der Waals surface area contributed by atoms with Crippen molar-refractivity contribution in [3.63, 3.8) is 0 Å². The number of Topliss-reactive ketones (excluding diaryl/α,β-unsaturated/α-hetero) is 1. The Hall–Kier alpha value is -0.460. The molecule has 0 aliphatic heterocycles. The summed E-state index contributed by atoms with van der Waals surface area (Å²) in [6.45, 7) is 7.66. The van der Waals surface area contributed by atoms with Gasteiger partial charge in [0.1, 0.15) is 5.78 Å². The van der Waals surface area contributed by atoms with Crippen LogP contribution in [0.1, 0.15) is 20.3 Å². The highest BCUT2D eigenvalue weighted by atomic mass is 127. The van der Waals surface area contributed by atoms with Gasteiger partial charge >= 0.3 is 0 Å². The van der Waals surface area contributed by atoms with Crippen molar-refractivity contribution in [1.82, 2.24) is 3.22 Å². The molecule has 1 atom stereocenters. The van der Waals surface area contributed by atoms with Crippen molar-refractivity contribution >= 4 is 28.6 Å². The third-order valence-electron chi connectivity index (χ3n) is 1.33. The zero-order chi connectivity index (χ0) is 10.3. The van der Waals surface area contributed by atoms with Crippen LogP contribution in [0.15, 0.2) is 23.1 Å². The van der Waals surface area contributed by atoms with Gasteiger partial charge in [0.25, 0.3) is 0 Å². The molecule has 0 bridgehead atoms. The Balaban J connectivity index is 3.68. The molecule has 74 valence electrons. The normalized spacial score (nSPS) is 12.8. The summed E-state index contributed by atoms with van der Waals surface area (Å²) in [4.78, 5) is 10.7. The first-order chi connectivity index (χ1) is 6.06. The van der Waals surface area contributed by atoms with Crippen LogP contribution in [0.3, 0.4) is 0 Å². The molecule has 0 heterocycles. The van der Waals surface area contributed by atoms with E-state index in [-0.39, 0.29) is 11.7 Å². The minimum absolute atomic E-state index is 0.192. The Morgan fingerprint density at radius 3 is 2.85 bits per heavy atom. The van der Waals surface area contributed by atoms with Gasteiger partial charge in [0, 0.05) is 12.6 Å². The number of carbonyl (C=O) groups is 1. The lowest BCUT2D eigenvalue weighted by molar-refractivity contribution is -0.117. The van der Waals surface area contributed by atoms with Crippen LogP contribution in [0.4, 0.5) is 0 Å². The molecule has 0 rings (SSSR count). The molecule has 1 unspecified atom stereocenters. The molecule has 4 nitrogen and oxygen atoms in total. The number of hydrogen-bond donors (Lipinski definition) is 0. The first kappa shape index (κ1) is 12.5. The highest BCUT2D eigenvalue weighted by Crippen LogP contribution is 2.05. The van der Waals surface area contributed by atoms with E-state index in [1.807, 2.05) is 29.8 Å². The molecule has 0 aliphatic rings. The Bertz CT molecular complexity index is 206. The van der Waals surface area contributed by atoms with E-state index in [4.69, 9.17) is 0 Å². The Labute approximate surface area is 92.6 Å². The van der Waals surface area contributed by atoms with Crippen molar-refractivity contribution in [2.75, 3.05) is 6.54 Å². The molecule has 0 fully saturated rings. The predicted octanol–water partition coefficient (Wildman–Crippen LogP) is 2.76. The summed E-state index contributed by atoms with van der Waals surface area (Å²) in [5, 5.41) is 7.72. The molecule has 0 N–H and O–H groups in total. The lowest BCUT2D eigenvalue weighted by Gasteiger charge is -2.04. The molecular formula is C8H14IN3O. The van der Waals surface area contributed by atoms with E-state index in [1.54, 1.807) is 13.1 Å². The number of carbonyl (C=O) groups excluding carboxylic acids is 1. The fraction of sp³-hybridized carbons (Fsp3) is 0.625. The zero-order valence-electron chi connectivity index (χ0n) is 7.90. The first-order valence-electron chi connectivity index (χ1n) is 4.00. The van der Waals surface area contributed by atoms with E-state index >= 15 is 0 Å². The van der Waals surface area contributed by atoms with Gasteiger partial charge in [-0.2, -0.15) is 8.34 Å². The highest BCUT2D eigenvalue weighted by molar-refractivity contribution is 14.1. The Morgan fingerprint density at radius 2 is 2.38 bits per heavy atom. The fourth-order valence-electron chi connectivity index (χ4n) is 0.828. The van der Waals surface area contributed by atoms with Crippen LogP contribution in [0.2, 0.25) is 0 Å². The molecule has 0 spiro atoms. The SMILES string of the molecule is C=CN(I)N=NCC(C)CC(C)=O. The van der Waals surface area contributed by atoms with E-state index in [0.29, 0.717) is 13.0 Å². The van der Waals surface area contributed by atoms with Gasteiger partial charge < -0.3 is 4.79 Å². The van der Waals surface area contributed by atoms with E-state index in [0.717, 1.165) is 0 Å². The zero-order valence-corrected chi connectivity index (χ0v) is 10.1. The molecule has 0 saturated carbocycles. The Morgan fingerprint density at radius 1 is 1.77 bits per heavy atom. The van der Waals surface area contributed by atoms with Crippen LogP contribution in [0, 0.1) is 5.92 Å². The van der Waals surface area contributed by atoms with Gasteiger partial charge in [-0.25, -0.2) is 0 Å².